The first-order valence-corrected chi connectivity index (χ1v) is 9.28. The van der Waals surface area contributed by atoms with Gasteiger partial charge in [-0.2, -0.15) is 13.2 Å². The van der Waals surface area contributed by atoms with Gasteiger partial charge in [0.05, 0.1) is 29.8 Å². The van der Waals surface area contributed by atoms with Crippen LogP contribution in [0.25, 0.3) is 11.0 Å². The average molecular weight is 406 g/mol. The number of imidazole rings is 1. The number of fused-ring (bicyclic) bond motifs is 1. The minimum absolute atomic E-state index is 0.231. The molecule has 2 heterocycles. The summed E-state index contributed by atoms with van der Waals surface area (Å²) in [7, 11) is 1.89. The first kappa shape index (κ1) is 19.8. The van der Waals surface area contributed by atoms with E-state index in [0.717, 1.165) is 22.9 Å². The van der Waals surface area contributed by atoms with Crippen molar-refractivity contribution in [1.82, 2.24) is 19.9 Å². The van der Waals surface area contributed by atoms with Crippen molar-refractivity contribution in [1.29, 1.82) is 0 Å². The number of aliphatic hydroxyl groups is 2. The highest BCUT2D eigenvalue weighted by Crippen LogP contribution is 2.36. The first-order chi connectivity index (χ1) is 13.8. The molecule has 1 saturated carbocycles. The molecule has 0 spiro atoms. The number of alkyl halides is 3. The molecule has 0 saturated heterocycles. The summed E-state index contributed by atoms with van der Waals surface area (Å²) in [6, 6.07) is 9.43. The van der Waals surface area contributed by atoms with Crippen molar-refractivity contribution < 1.29 is 23.4 Å². The summed E-state index contributed by atoms with van der Waals surface area (Å²) < 4.78 is 40.2. The van der Waals surface area contributed by atoms with Gasteiger partial charge in [-0.25, -0.2) is 4.98 Å². The lowest BCUT2D eigenvalue weighted by Crippen LogP contribution is -2.42. The second kappa shape index (κ2) is 7.40. The molecule has 3 N–H and O–H groups in total. The van der Waals surface area contributed by atoms with Crippen molar-refractivity contribution in [3.05, 3.63) is 59.7 Å². The van der Waals surface area contributed by atoms with Crippen molar-refractivity contribution in [2.75, 3.05) is 0 Å². The molecule has 6 nitrogen and oxygen atoms in total. The molecular weight excluding hydrogens is 385 g/mol. The molecule has 1 fully saturated rings. The average Bonchev–Trinajstić information content (AvgIpc) is 3.16. The molecule has 1 aliphatic carbocycles. The lowest BCUT2D eigenvalue weighted by Gasteiger charge is -2.24. The fourth-order valence-electron chi connectivity index (χ4n) is 3.98. The van der Waals surface area contributed by atoms with Gasteiger partial charge in [0.15, 0.2) is 0 Å². The maximum atomic E-state index is 12.8. The number of rotatable bonds is 4. The van der Waals surface area contributed by atoms with Crippen LogP contribution in [0, 0.1) is 0 Å². The second-order valence-electron chi connectivity index (χ2n) is 7.36. The Labute approximate surface area is 165 Å². The molecule has 0 bridgehead atoms. The van der Waals surface area contributed by atoms with Gasteiger partial charge in [0.2, 0.25) is 0 Å². The largest absolute Gasteiger partial charge is 0.433 e. The molecule has 0 aliphatic heterocycles. The Hall–Kier alpha value is -2.49. The smallest absolute Gasteiger partial charge is 0.390 e. The second-order valence-corrected chi connectivity index (χ2v) is 7.36. The number of hydrogen-bond acceptors (Lipinski definition) is 5. The molecule has 4 unspecified atom stereocenters. The number of nitrogens with zero attached hydrogens (tertiary/aromatic N) is 3. The van der Waals surface area contributed by atoms with Crippen LogP contribution in [0.4, 0.5) is 13.2 Å². The van der Waals surface area contributed by atoms with E-state index >= 15 is 0 Å². The molecule has 1 aromatic carbocycles. The van der Waals surface area contributed by atoms with Crippen molar-refractivity contribution >= 4 is 11.0 Å². The van der Waals surface area contributed by atoms with E-state index in [2.05, 4.69) is 15.3 Å². The normalized spacial score (nSPS) is 25.0. The Bertz CT molecular complexity index is 1000. The van der Waals surface area contributed by atoms with E-state index in [9.17, 15) is 23.4 Å². The Morgan fingerprint density at radius 3 is 2.59 bits per heavy atom. The van der Waals surface area contributed by atoms with Crippen LogP contribution in [0.1, 0.15) is 29.4 Å². The van der Waals surface area contributed by atoms with Gasteiger partial charge in [0, 0.05) is 25.2 Å². The van der Waals surface area contributed by atoms with E-state index in [0.29, 0.717) is 12.1 Å². The quantitative estimate of drug-likeness (QED) is 0.620. The van der Waals surface area contributed by atoms with Crippen molar-refractivity contribution in [2.45, 2.75) is 43.3 Å². The summed E-state index contributed by atoms with van der Waals surface area (Å²) in [5.41, 5.74) is 1.39. The highest BCUT2D eigenvalue weighted by atomic mass is 19.4. The molecule has 4 rings (SSSR count). The van der Waals surface area contributed by atoms with Crippen LogP contribution in [0.2, 0.25) is 0 Å². The molecule has 0 amide bonds. The van der Waals surface area contributed by atoms with Gasteiger partial charge in [-0.15, -0.1) is 0 Å². The first-order valence-electron chi connectivity index (χ1n) is 9.28. The monoisotopic (exact) mass is 406 g/mol. The highest BCUT2D eigenvalue weighted by Gasteiger charge is 2.42. The topological polar surface area (TPSA) is 83.2 Å². The highest BCUT2D eigenvalue weighted by molar-refractivity contribution is 5.75. The number of aryl methyl sites for hydroxylation is 1. The predicted molar refractivity (Wildman–Crippen MR) is 100.0 cm³/mol. The summed E-state index contributed by atoms with van der Waals surface area (Å²) in [6.07, 6.45) is -5.13. The third-order valence-electron chi connectivity index (χ3n) is 5.57. The molecule has 9 heteroatoms. The van der Waals surface area contributed by atoms with Gasteiger partial charge in [-0.3, -0.25) is 4.98 Å². The molecule has 0 radical (unpaired) electrons. The van der Waals surface area contributed by atoms with Gasteiger partial charge in [0.25, 0.3) is 0 Å². The summed E-state index contributed by atoms with van der Waals surface area (Å²) >= 11 is 0. The van der Waals surface area contributed by atoms with E-state index < -0.39 is 30.1 Å². The summed E-state index contributed by atoms with van der Waals surface area (Å²) in [5.74, 6) is 0.383. The van der Waals surface area contributed by atoms with Crippen LogP contribution in [0.15, 0.2) is 42.6 Å². The van der Waals surface area contributed by atoms with E-state index in [4.69, 9.17) is 0 Å². The van der Waals surface area contributed by atoms with Crippen LogP contribution in [-0.4, -0.2) is 43.0 Å². The number of pyridine rings is 1. The van der Waals surface area contributed by atoms with Gasteiger partial charge in [-0.05, 0) is 30.2 Å². The minimum Gasteiger partial charge on any atom is -0.390 e. The van der Waals surface area contributed by atoms with Gasteiger partial charge in [-0.1, -0.05) is 18.2 Å². The molecule has 3 aromatic rings. The maximum Gasteiger partial charge on any atom is 0.433 e. The van der Waals surface area contributed by atoms with E-state index in [1.165, 1.54) is 12.3 Å². The Morgan fingerprint density at radius 1 is 1.17 bits per heavy atom. The van der Waals surface area contributed by atoms with Crippen LogP contribution in [0.3, 0.4) is 0 Å². The number of aliphatic hydroxyl groups excluding tert-OH is 2. The molecule has 4 atom stereocenters. The Morgan fingerprint density at radius 2 is 1.93 bits per heavy atom. The minimum atomic E-state index is -4.51. The summed E-state index contributed by atoms with van der Waals surface area (Å²) in [6.45, 7) is 0.337. The standard InChI is InChI=1S/C20H21F3N4O2/c1-27-14-5-3-2-4-13(14)26-17(27)10-25-18-12(8-15(28)19(18)29)11-6-7-16(24-9-11)20(21,22)23/h2-7,9,12,15,18-19,25,28-29H,8,10H2,1H3. The fraction of sp³-hybridized carbons (Fsp3) is 0.400. The number of benzene rings is 1. The summed E-state index contributed by atoms with van der Waals surface area (Å²) in [4.78, 5) is 8.08. The Kier molecular flexibility index (Phi) is 5.05. The third kappa shape index (κ3) is 3.73. The zero-order valence-corrected chi connectivity index (χ0v) is 15.6. The maximum absolute atomic E-state index is 12.8. The van der Waals surface area contributed by atoms with Crippen molar-refractivity contribution in [2.24, 2.45) is 7.05 Å². The molecule has 1 aliphatic rings. The van der Waals surface area contributed by atoms with Gasteiger partial charge < -0.3 is 20.1 Å². The van der Waals surface area contributed by atoms with Gasteiger partial charge >= 0.3 is 6.18 Å². The van der Waals surface area contributed by atoms with E-state index in [1.807, 2.05) is 35.9 Å². The van der Waals surface area contributed by atoms with Crippen LogP contribution in [0.5, 0.6) is 0 Å². The van der Waals surface area contributed by atoms with E-state index in [1.54, 1.807) is 0 Å². The fourth-order valence-corrected chi connectivity index (χ4v) is 3.98. The lowest BCUT2D eigenvalue weighted by molar-refractivity contribution is -0.141. The molecule has 154 valence electrons. The van der Waals surface area contributed by atoms with Crippen molar-refractivity contribution in [3.63, 3.8) is 0 Å². The number of hydrogen-bond donors (Lipinski definition) is 3. The number of para-hydroxylation sites is 2. The number of nitrogens with one attached hydrogen (secondary N) is 1. The summed E-state index contributed by atoms with van der Waals surface area (Å²) in [5, 5.41) is 23.8. The predicted octanol–water partition coefficient (Wildman–Crippen LogP) is 2.35. The van der Waals surface area contributed by atoms with Crippen LogP contribution >= 0.6 is 0 Å². The zero-order chi connectivity index (χ0) is 20.8. The number of aromatic nitrogens is 3. The van der Waals surface area contributed by atoms with Crippen molar-refractivity contribution in [3.8, 4) is 0 Å². The zero-order valence-electron chi connectivity index (χ0n) is 15.6. The molecular formula is C20H21F3N4O2. The van der Waals surface area contributed by atoms with E-state index in [-0.39, 0.29) is 12.3 Å². The lowest BCUT2D eigenvalue weighted by atomic mass is 9.94. The van der Waals surface area contributed by atoms with Crippen LogP contribution in [-0.2, 0) is 19.8 Å². The Balaban J connectivity index is 1.55. The van der Waals surface area contributed by atoms with Crippen LogP contribution < -0.4 is 5.32 Å². The molecule has 2 aromatic heterocycles. The van der Waals surface area contributed by atoms with Gasteiger partial charge in [0.1, 0.15) is 11.5 Å². The number of halogens is 3. The third-order valence-corrected chi connectivity index (χ3v) is 5.57. The molecule has 29 heavy (non-hydrogen) atoms. The SMILES string of the molecule is Cn1c(CNC2C(c3ccc(C(F)(F)F)nc3)CC(O)C2O)nc2ccccc21.